The zero-order valence-electron chi connectivity index (χ0n) is 9.69. The summed E-state index contributed by atoms with van der Waals surface area (Å²) in [7, 11) is 0. The van der Waals surface area contributed by atoms with Gasteiger partial charge in [-0.05, 0) is 25.0 Å². The van der Waals surface area contributed by atoms with Gasteiger partial charge < -0.3 is 9.88 Å². The average molecular weight is 220 g/mol. The van der Waals surface area contributed by atoms with Gasteiger partial charge in [-0.3, -0.25) is 4.79 Å². The Balaban J connectivity index is 1.67. The van der Waals surface area contributed by atoms with Gasteiger partial charge in [-0.1, -0.05) is 19.3 Å². The van der Waals surface area contributed by atoms with Crippen LogP contribution in [0, 0.1) is 5.92 Å². The highest BCUT2D eigenvalue weighted by molar-refractivity contribution is 5.78. The normalized spacial score (nSPS) is 17.2. The van der Waals surface area contributed by atoms with Gasteiger partial charge in [0.15, 0.2) is 0 Å². The summed E-state index contributed by atoms with van der Waals surface area (Å²) in [5.74, 6) is 0.533. The van der Waals surface area contributed by atoms with Crippen molar-refractivity contribution in [2.24, 2.45) is 5.92 Å². The van der Waals surface area contributed by atoms with Crippen LogP contribution in [0.25, 0.3) is 0 Å². The molecular weight excluding hydrogens is 200 g/mol. The van der Waals surface area contributed by atoms with Crippen LogP contribution in [0.4, 0.5) is 0 Å². The van der Waals surface area contributed by atoms with Crippen molar-refractivity contribution in [1.82, 2.24) is 9.88 Å². The molecule has 1 amide bonds. The number of amides is 1. The molecule has 88 valence electrons. The van der Waals surface area contributed by atoms with Gasteiger partial charge >= 0.3 is 0 Å². The average Bonchev–Trinajstić information content (AvgIpc) is 2.83. The van der Waals surface area contributed by atoms with Crippen molar-refractivity contribution in [3.63, 3.8) is 0 Å². The molecule has 1 aromatic heterocycles. The quantitative estimate of drug-likeness (QED) is 0.829. The van der Waals surface area contributed by atoms with E-state index in [4.69, 9.17) is 0 Å². The summed E-state index contributed by atoms with van der Waals surface area (Å²) in [5.41, 5.74) is 0. The van der Waals surface area contributed by atoms with E-state index in [0.717, 1.165) is 25.9 Å². The van der Waals surface area contributed by atoms with Gasteiger partial charge in [-0.15, -0.1) is 0 Å². The fourth-order valence-corrected chi connectivity index (χ4v) is 2.34. The monoisotopic (exact) mass is 220 g/mol. The highest BCUT2D eigenvalue weighted by atomic mass is 16.1. The molecule has 1 heterocycles. The molecule has 3 heteroatoms. The van der Waals surface area contributed by atoms with E-state index < -0.39 is 0 Å². The number of aromatic nitrogens is 1. The molecule has 0 unspecified atom stereocenters. The van der Waals surface area contributed by atoms with Gasteiger partial charge in [0.1, 0.15) is 0 Å². The molecule has 0 atom stereocenters. The smallest absolute Gasteiger partial charge is 0.223 e. The summed E-state index contributed by atoms with van der Waals surface area (Å²) in [5, 5.41) is 3.03. The van der Waals surface area contributed by atoms with E-state index in [0.29, 0.717) is 0 Å². The summed E-state index contributed by atoms with van der Waals surface area (Å²) in [6.07, 6.45) is 9.93. The van der Waals surface area contributed by atoms with Crippen LogP contribution in [0.5, 0.6) is 0 Å². The second-order valence-electron chi connectivity index (χ2n) is 4.55. The van der Waals surface area contributed by atoms with Crippen LogP contribution in [0.1, 0.15) is 32.1 Å². The lowest BCUT2D eigenvalue weighted by atomic mass is 9.89. The van der Waals surface area contributed by atoms with E-state index in [1.807, 2.05) is 24.5 Å². The lowest BCUT2D eigenvalue weighted by Crippen LogP contribution is -2.33. The summed E-state index contributed by atoms with van der Waals surface area (Å²) >= 11 is 0. The molecule has 0 aliphatic heterocycles. The summed E-state index contributed by atoms with van der Waals surface area (Å²) in [4.78, 5) is 11.8. The molecule has 1 fully saturated rings. The molecule has 1 aromatic rings. The van der Waals surface area contributed by atoms with Crippen LogP contribution in [0.3, 0.4) is 0 Å². The molecule has 0 radical (unpaired) electrons. The molecule has 16 heavy (non-hydrogen) atoms. The predicted molar refractivity (Wildman–Crippen MR) is 64.0 cm³/mol. The number of carbonyl (C=O) groups is 1. The van der Waals surface area contributed by atoms with Crippen LogP contribution in [0.2, 0.25) is 0 Å². The molecule has 1 aliphatic rings. The molecule has 2 rings (SSSR count). The zero-order chi connectivity index (χ0) is 11.2. The van der Waals surface area contributed by atoms with E-state index in [9.17, 15) is 4.79 Å². The molecule has 0 aromatic carbocycles. The Hall–Kier alpha value is -1.25. The minimum absolute atomic E-state index is 0.256. The van der Waals surface area contributed by atoms with Crippen molar-refractivity contribution >= 4 is 5.91 Å². The highest BCUT2D eigenvalue weighted by Crippen LogP contribution is 2.23. The van der Waals surface area contributed by atoms with Crippen LogP contribution in [-0.2, 0) is 11.3 Å². The van der Waals surface area contributed by atoms with E-state index in [2.05, 4.69) is 9.88 Å². The summed E-state index contributed by atoms with van der Waals surface area (Å²) in [6.45, 7) is 1.61. The highest BCUT2D eigenvalue weighted by Gasteiger charge is 2.20. The Kier molecular flexibility index (Phi) is 4.03. The van der Waals surface area contributed by atoms with Crippen molar-refractivity contribution < 1.29 is 4.79 Å². The van der Waals surface area contributed by atoms with Gasteiger partial charge in [0.25, 0.3) is 0 Å². The first-order valence-electron chi connectivity index (χ1n) is 6.25. The standard InChI is InChI=1S/C13H20N2O/c16-13(12-6-2-1-3-7-12)14-8-11-15-9-4-5-10-15/h4-5,9-10,12H,1-3,6-8,11H2,(H,14,16). The van der Waals surface area contributed by atoms with E-state index in [1.54, 1.807) is 0 Å². The first-order valence-corrected chi connectivity index (χ1v) is 6.25. The Morgan fingerprint density at radius 3 is 2.56 bits per heavy atom. The number of nitrogens with zero attached hydrogens (tertiary/aromatic N) is 1. The Morgan fingerprint density at radius 1 is 1.19 bits per heavy atom. The SMILES string of the molecule is O=C(NCCn1cccc1)C1CCCCC1. The minimum Gasteiger partial charge on any atom is -0.354 e. The third-order valence-corrected chi connectivity index (χ3v) is 3.31. The Bertz CT molecular complexity index is 313. The predicted octanol–water partition coefficient (Wildman–Crippen LogP) is 2.18. The maximum atomic E-state index is 11.8. The third-order valence-electron chi connectivity index (χ3n) is 3.31. The van der Waals surface area contributed by atoms with E-state index in [1.165, 1.54) is 19.3 Å². The molecule has 0 saturated heterocycles. The molecule has 1 aliphatic carbocycles. The summed E-state index contributed by atoms with van der Waals surface area (Å²) in [6, 6.07) is 4.01. The van der Waals surface area contributed by atoms with Gasteiger partial charge in [-0.25, -0.2) is 0 Å². The van der Waals surface area contributed by atoms with E-state index in [-0.39, 0.29) is 11.8 Å². The van der Waals surface area contributed by atoms with Crippen molar-refractivity contribution in [2.45, 2.75) is 38.6 Å². The first kappa shape index (κ1) is 11.2. The molecule has 1 saturated carbocycles. The Morgan fingerprint density at radius 2 is 1.88 bits per heavy atom. The largest absolute Gasteiger partial charge is 0.354 e. The van der Waals surface area contributed by atoms with E-state index >= 15 is 0 Å². The maximum absolute atomic E-state index is 11.8. The van der Waals surface area contributed by atoms with Crippen molar-refractivity contribution in [1.29, 1.82) is 0 Å². The molecule has 0 bridgehead atoms. The third kappa shape index (κ3) is 3.12. The fourth-order valence-electron chi connectivity index (χ4n) is 2.34. The van der Waals surface area contributed by atoms with Gasteiger partial charge in [0, 0.05) is 31.4 Å². The fraction of sp³-hybridized carbons (Fsp3) is 0.615. The van der Waals surface area contributed by atoms with Crippen LogP contribution >= 0.6 is 0 Å². The number of rotatable bonds is 4. The van der Waals surface area contributed by atoms with Gasteiger partial charge in [0.05, 0.1) is 0 Å². The van der Waals surface area contributed by atoms with Gasteiger partial charge in [0.2, 0.25) is 5.91 Å². The van der Waals surface area contributed by atoms with Crippen LogP contribution < -0.4 is 5.32 Å². The van der Waals surface area contributed by atoms with Crippen molar-refractivity contribution in [3.05, 3.63) is 24.5 Å². The lowest BCUT2D eigenvalue weighted by Gasteiger charge is -2.20. The number of nitrogens with one attached hydrogen (secondary N) is 1. The number of hydrogen-bond donors (Lipinski definition) is 1. The first-order chi connectivity index (χ1) is 7.86. The molecule has 0 spiro atoms. The molecule has 3 nitrogen and oxygen atoms in total. The molecular formula is C13H20N2O. The van der Waals surface area contributed by atoms with Crippen molar-refractivity contribution in [3.8, 4) is 0 Å². The summed E-state index contributed by atoms with van der Waals surface area (Å²) < 4.78 is 2.08. The van der Waals surface area contributed by atoms with Crippen LogP contribution in [0.15, 0.2) is 24.5 Å². The van der Waals surface area contributed by atoms with Crippen molar-refractivity contribution in [2.75, 3.05) is 6.54 Å². The number of carbonyl (C=O) groups excluding carboxylic acids is 1. The topological polar surface area (TPSA) is 34.0 Å². The molecule has 1 N–H and O–H groups in total. The van der Waals surface area contributed by atoms with Gasteiger partial charge in [-0.2, -0.15) is 0 Å². The number of hydrogen-bond acceptors (Lipinski definition) is 1. The lowest BCUT2D eigenvalue weighted by molar-refractivity contribution is -0.125. The Labute approximate surface area is 96.8 Å². The second-order valence-corrected chi connectivity index (χ2v) is 4.55. The van der Waals surface area contributed by atoms with Crippen LogP contribution in [-0.4, -0.2) is 17.0 Å². The second kappa shape index (κ2) is 5.73. The maximum Gasteiger partial charge on any atom is 0.223 e. The minimum atomic E-state index is 0.256. The zero-order valence-corrected chi connectivity index (χ0v) is 9.69.